The number of amides is 1. The molecule has 33 heavy (non-hydrogen) atoms. The molecule has 1 amide bonds. The predicted molar refractivity (Wildman–Crippen MR) is 135 cm³/mol. The first kappa shape index (κ1) is 21.9. The molecule has 1 aliphatic heterocycles. The van der Waals surface area contributed by atoms with E-state index in [0.717, 1.165) is 5.01 Å². The molecule has 0 saturated carbocycles. The molecule has 4 aromatic rings. The number of anilines is 1. The zero-order chi connectivity index (χ0) is 22.9. The molecule has 164 valence electrons. The monoisotopic (exact) mass is 512 g/mol. The molecule has 0 N–H and O–H groups in total. The number of aromatic nitrogens is 2. The molecular formula is C23H14Cl2N4O2S2. The maximum atomic E-state index is 13.3. The Hall–Kier alpha value is -2.91. The summed E-state index contributed by atoms with van der Waals surface area (Å²) in [7, 11) is 0. The summed E-state index contributed by atoms with van der Waals surface area (Å²) in [4.78, 5) is 19.9. The fourth-order valence-electron chi connectivity index (χ4n) is 3.19. The molecule has 5 rings (SSSR count). The summed E-state index contributed by atoms with van der Waals surface area (Å²) >= 11 is 15.2. The van der Waals surface area contributed by atoms with Crippen molar-refractivity contribution in [2.45, 2.75) is 6.92 Å². The van der Waals surface area contributed by atoms with Gasteiger partial charge in [0.2, 0.25) is 5.13 Å². The van der Waals surface area contributed by atoms with Gasteiger partial charge in [-0.15, -0.1) is 10.2 Å². The van der Waals surface area contributed by atoms with E-state index in [9.17, 15) is 4.79 Å². The molecule has 0 bridgehead atoms. The third-order valence-corrected chi connectivity index (χ3v) is 6.97. The first-order valence-electron chi connectivity index (χ1n) is 9.71. The number of nitrogens with zero attached hydrogens (tertiary/aromatic N) is 4. The number of halogens is 2. The smallest absolute Gasteiger partial charge is 0.271 e. The van der Waals surface area contributed by atoms with E-state index in [0.29, 0.717) is 48.0 Å². The lowest BCUT2D eigenvalue weighted by molar-refractivity contribution is -0.113. The van der Waals surface area contributed by atoms with E-state index in [1.807, 2.05) is 37.3 Å². The van der Waals surface area contributed by atoms with Crippen molar-refractivity contribution in [1.82, 2.24) is 10.2 Å². The summed E-state index contributed by atoms with van der Waals surface area (Å²) in [5.41, 5.74) is 1.32. The van der Waals surface area contributed by atoms with Crippen LogP contribution in [-0.2, 0) is 4.79 Å². The number of aryl methyl sites for hydroxylation is 1. The van der Waals surface area contributed by atoms with Gasteiger partial charge in [0.05, 0.1) is 26.2 Å². The van der Waals surface area contributed by atoms with Crippen molar-refractivity contribution in [3.8, 4) is 11.3 Å². The second-order valence-corrected chi connectivity index (χ2v) is 9.87. The molecule has 2 aromatic heterocycles. The lowest BCUT2D eigenvalue weighted by atomic mass is 10.2. The number of hydrogen-bond acceptors (Lipinski definition) is 7. The van der Waals surface area contributed by atoms with Crippen molar-refractivity contribution < 1.29 is 9.21 Å². The van der Waals surface area contributed by atoms with Crippen molar-refractivity contribution in [2.24, 2.45) is 4.99 Å². The van der Waals surface area contributed by atoms with Crippen LogP contribution in [0.15, 0.2) is 75.0 Å². The number of carbonyl (C=O) groups is 1. The maximum Gasteiger partial charge on any atom is 0.271 e. The van der Waals surface area contributed by atoms with Gasteiger partial charge >= 0.3 is 0 Å². The minimum absolute atomic E-state index is 0.208. The Bertz CT molecular complexity index is 1390. The van der Waals surface area contributed by atoms with Gasteiger partial charge in [0.15, 0.2) is 5.17 Å². The molecule has 1 fully saturated rings. The molecular weight excluding hydrogens is 499 g/mol. The van der Waals surface area contributed by atoms with Crippen LogP contribution in [0.5, 0.6) is 0 Å². The van der Waals surface area contributed by atoms with Gasteiger partial charge in [0, 0.05) is 6.08 Å². The summed E-state index contributed by atoms with van der Waals surface area (Å²) in [5.74, 6) is 0.809. The van der Waals surface area contributed by atoms with Gasteiger partial charge in [-0.25, -0.2) is 0 Å². The molecule has 0 spiro atoms. The van der Waals surface area contributed by atoms with Crippen molar-refractivity contribution in [1.29, 1.82) is 0 Å². The van der Waals surface area contributed by atoms with Gasteiger partial charge in [-0.2, -0.15) is 4.99 Å². The maximum absolute atomic E-state index is 13.3. The summed E-state index contributed by atoms with van der Waals surface area (Å²) < 4.78 is 5.95. The number of hydrogen-bond donors (Lipinski definition) is 0. The number of amidine groups is 1. The number of rotatable bonds is 4. The van der Waals surface area contributed by atoms with Crippen LogP contribution in [-0.4, -0.2) is 21.3 Å². The zero-order valence-electron chi connectivity index (χ0n) is 17.0. The minimum Gasteiger partial charge on any atom is -0.457 e. The van der Waals surface area contributed by atoms with E-state index in [1.165, 1.54) is 23.1 Å². The summed E-state index contributed by atoms with van der Waals surface area (Å²) in [6, 6.07) is 18.1. The standard InChI is InChI=1S/C23H14Cl2N4O2S2/c1-13-27-28-22(32-13)26-23-29(14-6-3-2-4-7-14)21(30)19(33-23)12-15-10-11-18(31-15)20-16(24)8-5-9-17(20)25/h2-12H,1H3/b19-12+,26-23+. The van der Waals surface area contributed by atoms with Gasteiger partial charge in [0.1, 0.15) is 16.5 Å². The minimum atomic E-state index is -0.208. The Labute approximate surface area is 207 Å². The van der Waals surface area contributed by atoms with Crippen LogP contribution in [0, 0.1) is 6.92 Å². The van der Waals surface area contributed by atoms with Crippen LogP contribution < -0.4 is 4.90 Å². The first-order chi connectivity index (χ1) is 16.0. The van der Waals surface area contributed by atoms with E-state index in [2.05, 4.69) is 15.2 Å². The second kappa shape index (κ2) is 9.15. The SMILES string of the molecule is Cc1nnc(/N=C2/S/C(=C/c3ccc(-c4c(Cl)cccc4Cl)o3)C(=O)N2c2ccccc2)s1. The van der Waals surface area contributed by atoms with Crippen LogP contribution in [0.3, 0.4) is 0 Å². The zero-order valence-corrected chi connectivity index (χ0v) is 20.2. The third kappa shape index (κ3) is 4.47. The van der Waals surface area contributed by atoms with E-state index in [1.54, 1.807) is 41.3 Å². The summed E-state index contributed by atoms with van der Waals surface area (Å²) in [5, 5.41) is 10.8. The van der Waals surface area contributed by atoms with Gasteiger partial charge in [-0.05, 0) is 55.1 Å². The number of furan rings is 1. The topological polar surface area (TPSA) is 71.6 Å². The summed E-state index contributed by atoms with van der Waals surface area (Å²) in [6.45, 7) is 1.86. The second-order valence-electron chi connectivity index (χ2n) is 6.88. The van der Waals surface area contributed by atoms with E-state index >= 15 is 0 Å². The number of aliphatic imine (C=N–C) groups is 1. The largest absolute Gasteiger partial charge is 0.457 e. The van der Waals surface area contributed by atoms with Crippen molar-refractivity contribution in [2.75, 3.05) is 4.90 Å². The van der Waals surface area contributed by atoms with Crippen LogP contribution >= 0.6 is 46.3 Å². The van der Waals surface area contributed by atoms with Crippen LogP contribution in [0.2, 0.25) is 10.0 Å². The van der Waals surface area contributed by atoms with Gasteiger partial charge in [-0.3, -0.25) is 9.69 Å². The number of carbonyl (C=O) groups excluding carboxylic acids is 1. The number of para-hydroxylation sites is 1. The molecule has 0 radical (unpaired) electrons. The first-order valence-corrected chi connectivity index (χ1v) is 12.1. The molecule has 1 saturated heterocycles. The highest BCUT2D eigenvalue weighted by molar-refractivity contribution is 8.19. The lowest BCUT2D eigenvalue weighted by Crippen LogP contribution is -2.28. The Balaban J connectivity index is 1.52. The molecule has 0 aliphatic carbocycles. The average Bonchev–Trinajstić information content (AvgIpc) is 3.49. The van der Waals surface area contributed by atoms with Gasteiger partial charge in [-0.1, -0.05) is 58.8 Å². The van der Waals surface area contributed by atoms with Crippen molar-refractivity contribution in [3.63, 3.8) is 0 Å². The number of thioether (sulfide) groups is 1. The quantitative estimate of drug-likeness (QED) is 0.270. The normalized spacial score (nSPS) is 16.3. The third-order valence-electron chi connectivity index (χ3n) is 4.64. The van der Waals surface area contributed by atoms with Crippen molar-refractivity contribution in [3.05, 3.63) is 86.4 Å². The van der Waals surface area contributed by atoms with E-state index in [4.69, 9.17) is 27.6 Å². The predicted octanol–water partition coefficient (Wildman–Crippen LogP) is 7.22. The molecule has 0 unspecified atom stereocenters. The molecule has 10 heteroatoms. The van der Waals surface area contributed by atoms with Crippen LogP contribution in [0.4, 0.5) is 10.8 Å². The molecule has 1 aliphatic rings. The highest BCUT2D eigenvalue weighted by Gasteiger charge is 2.35. The fraction of sp³-hybridized carbons (Fsp3) is 0.0435. The van der Waals surface area contributed by atoms with Crippen LogP contribution in [0.1, 0.15) is 10.8 Å². The Kier molecular flexibility index (Phi) is 6.07. The molecule has 2 aromatic carbocycles. The Morgan fingerprint density at radius 1 is 1.00 bits per heavy atom. The highest BCUT2D eigenvalue weighted by Crippen LogP contribution is 2.39. The Morgan fingerprint density at radius 2 is 1.76 bits per heavy atom. The summed E-state index contributed by atoms with van der Waals surface area (Å²) in [6.07, 6.45) is 1.69. The molecule has 6 nitrogen and oxygen atoms in total. The van der Waals surface area contributed by atoms with Gasteiger partial charge in [0.25, 0.3) is 5.91 Å². The lowest BCUT2D eigenvalue weighted by Gasteiger charge is -2.14. The molecule has 0 atom stereocenters. The van der Waals surface area contributed by atoms with Gasteiger partial charge < -0.3 is 4.42 Å². The van der Waals surface area contributed by atoms with Crippen LogP contribution in [0.25, 0.3) is 17.4 Å². The average molecular weight is 513 g/mol. The Morgan fingerprint density at radius 3 is 2.45 bits per heavy atom. The number of benzene rings is 2. The van der Waals surface area contributed by atoms with Crippen molar-refractivity contribution >= 4 is 74.3 Å². The van der Waals surface area contributed by atoms with E-state index in [-0.39, 0.29) is 5.91 Å². The fourth-order valence-corrected chi connectivity index (χ4v) is 5.36. The molecule has 3 heterocycles. The highest BCUT2D eigenvalue weighted by atomic mass is 35.5. The van der Waals surface area contributed by atoms with E-state index < -0.39 is 0 Å².